The lowest BCUT2D eigenvalue weighted by molar-refractivity contribution is 0.385. The van der Waals surface area contributed by atoms with E-state index in [1.807, 2.05) is 22.9 Å². The van der Waals surface area contributed by atoms with E-state index in [9.17, 15) is 10.5 Å². The van der Waals surface area contributed by atoms with E-state index < -0.39 is 0 Å². The molecule has 3 heterocycles. The monoisotopic (exact) mass is 349 g/mol. The van der Waals surface area contributed by atoms with Crippen LogP contribution in [0.4, 0.5) is 0 Å². The molecule has 0 amide bonds. The molecule has 1 aliphatic rings. The molecule has 1 aliphatic heterocycles. The summed E-state index contributed by atoms with van der Waals surface area (Å²) < 4.78 is 0. The molecule has 0 bridgehead atoms. The van der Waals surface area contributed by atoms with Gasteiger partial charge in [-0.05, 0) is 75.1 Å². The minimum atomic E-state index is 0.186. The quantitative estimate of drug-likeness (QED) is 0.747. The SMILES string of the molecule is CN1C/C(=C\c2ccsc2)C(=C(C#N)C#N)/C(=C/c2ccsc2)C1. The van der Waals surface area contributed by atoms with Gasteiger partial charge in [0.25, 0.3) is 0 Å². The molecule has 5 heteroatoms. The summed E-state index contributed by atoms with van der Waals surface area (Å²) in [6, 6.07) is 8.25. The Labute approximate surface area is 149 Å². The van der Waals surface area contributed by atoms with Crippen LogP contribution in [-0.4, -0.2) is 25.0 Å². The van der Waals surface area contributed by atoms with Crippen LogP contribution in [0.5, 0.6) is 0 Å². The number of allylic oxidation sites excluding steroid dienone is 1. The number of hydrogen-bond donors (Lipinski definition) is 0. The average Bonchev–Trinajstić information content (AvgIpc) is 3.24. The van der Waals surface area contributed by atoms with Crippen LogP contribution in [0, 0.1) is 22.7 Å². The van der Waals surface area contributed by atoms with Crippen LogP contribution in [0.2, 0.25) is 0 Å². The Morgan fingerprint density at radius 2 is 1.50 bits per heavy atom. The fraction of sp³-hybridized carbons (Fsp3) is 0.158. The van der Waals surface area contributed by atoms with E-state index >= 15 is 0 Å². The van der Waals surface area contributed by atoms with Gasteiger partial charge in [0.05, 0.1) is 0 Å². The second-order valence-electron chi connectivity index (χ2n) is 5.60. The topological polar surface area (TPSA) is 50.8 Å². The Kier molecular flexibility index (Phi) is 5.08. The molecule has 2 aromatic rings. The molecule has 0 spiro atoms. The van der Waals surface area contributed by atoms with Crippen molar-refractivity contribution in [3.8, 4) is 12.1 Å². The minimum Gasteiger partial charge on any atom is -0.298 e. The highest BCUT2D eigenvalue weighted by molar-refractivity contribution is 7.08. The minimum absolute atomic E-state index is 0.186. The highest BCUT2D eigenvalue weighted by Gasteiger charge is 2.24. The molecule has 1 fully saturated rings. The predicted molar refractivity (Wildman–Crippen MR) is 100 cm³/mol. The lowest BCUT2D eigenvalue weighted by atomic mass is 9.87. The van der Waals surface area contributed by atoms with E-state index in [2.05, 4.69) is 47.0 Å². The second kappa shape index (κ2) is 7.42. The summed E-state index contributed by atoms with van der Waals surface area (Å²) in [4.78, 5) is 2.20. The third-order valence-electron chi connectivity index (χ3n) is 3.76. The molecule has 0 aliphatic carbocycles. The van der Waals surface area contributed by atoms with Gasteiger partial charge in [-0.2, -0.15) is 33.2 Å². The van der Waals surface area contributed by atoms with Crippen molar-refractivity contribution in [1.82, 2.24) is 4.90 Å². The maximum Gasteiger partial charge on any atom is 0.137 e. The summed E-state index contributed by atoms with van der Waals surface area (Å²) in [5.41, 5.74) is 5.21. The van der Waals surface area contributed by atoms with Crippen molar-refractivity contribution in [1.29, 1.82) is 10.5 Å². The van der Waals surface area contributed by atoms with E-state index in [1.54, 1.807) is 22.7 Å². The van der Waals surface area contributed by atoms with Crippen molar-refractivity contribution in [3.63, 3.8) is 0 Å². The highest BCUT2D eigenvalue weighted by Crippen LogP contribution is 2.32. The summed E-state index contributed by atoms with van der Waals surface area (Å²) in [5.74, 6) is 0. The van der Waals surface area contributed by atoms with Gasteiger partial charge in [-0.3, -0.25) is 4.90 Å². The summed E-state index contributed by atoms with van der Waals surface area (Å²) in [7, 11) is 2.05. The molecule has 3 nitrogen and oxygen atoms in total. The van der Waals surface area contributed by atoms with Crippen LogP contribution in [0.3, 0.4) is 0 Å². The molecule has 0 radical (unpaired) electrons. The van der Waals surface area contributed by atoms with E-state index in [0.29, 0.717) is 0 Å². The van der Waals surface area contributed by atoms with Crippen molar-refractivity contribution >= 4 is 34.8 Å². The van der Waals surface area contributed by atoms with Gasteiger partial charge in [0.1, 0.15) is 17.7 Å². The van der Waals surface area contributed by atoms with E-state index in [1.165, 1.54) is 0 Å². The van der Waals surface area contributed by atoms with Gasteiger partial charge < -0.3 is 0 Å². The number of nitrogens with zero attached hydrogens (tertiary/aromatic N) is 3. The Hall–Kier alpha value is -2.44. The van der Waals surface area contributed by atoms with Gasteiger partial charge >= 0.3 is 0 Å². The van der Waals surface area contributed by atoms with E-state index in [4.69, 9.17) is 0 Å². The Balaban J connectivity index is 2.16. The van der Waals surface area contributed by atoms with Gasteiger partial charge in [-0.15, -0.1) is 0 Å². The summed E-state index contributed by atoms with van der Waals surface area (Å²) in [5, 5.41) is 27.1. The molecular formula is C19H15N3S2. The summed E-state index contributed by atoms with van der Waals surface area (Å²) >= 11 is 3.27. The third-order valence-corrected chi connectivity index (χ3v) is 5.17. The van der Waals surface area contributed by atoms with Crippen LogP contribution in [0.25, 0.3) is 12.2 Å². The van der Waals surface area contributed by atoms with Crippen molar-refractivity contribution < 1.29 is 0 Å². The normalized spacial score (nSPS) is 18.5. The number of likely N-dealkylation sites (tertiary alicyclic amines) is 1. The Morgan fingerprint density at radius 3 is 1.88 bits per heavy atom. The first-order valence-electron chi connectivity index (χ1n) is 7.40. The van der Waals surface area contributed by atoms with Gasteiger partial charge in [0, 0.05) is 18.7 Å². The third kappa shape index (κ3) is 3.55. The zero-order chi connectivity index (χ0) is 16.9. The first kappa shape index (κ1) is 16.4. The number of hydrogen-bond acceptors (Lipinski definition) is 5. The number of rotatable bonds is 2. The number of thiophene rings is 2. The fourth-order valence-electron chi connectivity index (χ4n) is 2.81. The largest absolute Gasteiger partial charge is 0.298 e. The van der Waals surface area contributed by atoms with Crippen LogP contribution in [0.1, 0.15) is 11.1 Å². The fourth-order valence-corrected chi connectivity index (χ4v) is 4.05. The maximum atomic E-state index is 9.44. The van der Waals surface area contributed by atoms with Gasteiger partial charge in [0.15, 0.2) is 0 Å². The molecule has 24 heavy (non-hydrogen) atoms. The van der Waals surface area contributed by atoms with Crippen LogP contribution in [0.15, 0.2) is 55.9 Å². The molecule has 0 aromatic carbocycles. The zero-order valence-electron chi connectivity index (χ0n) is 13.2. The smallest absolute Gasteiger partial charge is 0.137 e. The number of likely N-dealkylation sites (N-methyl/N-ethyl adjacent to an activating group) is 1. The molecule has 0 N–H and O–H groups in total. The average molecular weight is 349 g/mol. The zero-order valence-corrected chi connectivity index (χ0v) is 14.8. The number of nitriles is 2. The lowest BCUT2D eigenvalue weighted by Gasteiger charge is -2.30. The second-order valence-corrected chi connectivity index (χ2v) is 7.16. The van der Waals surface area contributed by atoms with E-state index in [-0.39, 0.29) is 5.57 Å². The van der Waals surface area contributed by atoms with Crippen molar-refractivity contribution in [2.75, 3.05) is 20.1 Å². The molecule has 1 saturated heterocycles. The van der Waals surface area contributed by atoms with Gasteiger partial charge in [-0.25, -0.2) is 0 Å². The van der Waals surface area contributed by atoms with Gasteiger partial charge in [-0.1, -0.05) is 0 Å². The lowest BCUT2D eigenvalue weighted by Crippen LogP contribution is -2.31. The van der Waals surface area contributed by atoms with Crippen LogP contribution < -0.4 is 0 Å². The van der Waals surface area contributed by atoms with Crippen molar-refractivity contribution in [2.45, 2.75) is 0 Å². The maximum absolute atomic E-state index is 9.44. The first-order chi connectivity index (χ1) is 11.7. The predicted octanol–water partition coefficient (Wildman–Crippen LogP) is 4.57. The van der Waals surface area contributed by atoms with Crippen LogP contribution in [-0.2, 0) is 0 Å². The number of piperidine rings is 1. The highest BCUT2D eigenvalue weighted by atomic mass is 32.1. The Morgan fingerprint density at radius 1 is 1.00 bits per heavy atom. The van der Waals surface area contributed by atoms with Crippen molar-refractivity contribution in [2.24, 2.45) is 0 Å². The first-order valence-corrected chi connectivity index (χ1v) is 9.29. The summed E-state index contributed by atoms with van der Waals surface area (Å²) in [6.07, 6.45) is 4.16. The molecule has 118 valence electrons. The molecule has 2 aromatic heterocycles. The Bertz CT molecular complexity index is 813. The molecule has 0 saturated carbocycles. The molecule has 3 rings (SSSR count). The summed E-state index contributed by atoms with van der Waals surface area (Å²) in [6.45, 7) is 1.44. The van der Waals surface area contributed by atoms with Crippen LogP contribution >= 0.6 is 22.7 Å². The van der Waals surface area contributed by atoms with E-state index in [0.717, 1.165) is 40.9 Å². The molecule has 0 unspecified atom stereocenters. The van der Waals surface area contributed by atoms with Crippen molar-refractivity contribution in [3.05, 3.63) is 67.1 Å². The molecule has 0 atom stereocenters. The van der Waals surface area contributed by atoms with Gasteiger partial charge in [0.2, 0.25) is 0 Å². The standard InChI is InChI=1S/C19H15N3S2/c1-22-10-16(6-14-2-4-23-12-14)19(18(8-20)9-21)17(11-22)7-15-3-5-24-13-15/h2-7,12-13H,10-11H2,1H3/b16-6+,17-7+. The molecular weight excluding hydrogens is 334 g/mol.